The van der Waals surface area contributed by atoms with Crippen LogP contribution in [0.4, 0.5) is 16.3 Å². The molecule has 0 aromatic carbocycles. The average Bonchev–Trinajstić information content (AvgIpc) is 2.89. The number of amides is 1. The number of hydrogen-bond donors (Lipinski definition) is 2. The second-order valence-corrected chi connectivity index (χ2v) is 6.84. The Bertz CT molecular complexity index is 599. The summed E-state index contributed by atoms with van der Waals surface area (Å²) >= 11 is 0. The van der Waals surface area contributed by atoms with E-state index in [4.69, 9.17) is 0 Å². The monoisotopic (exact) mass is 322 g/mol. The van der Waals surface area contributed by atoms with E-state index in [1.54, 1.807) is 0 Å². The molecular formula is C15H22N4O4. The molecule has 2 heterocycles. The quantitative estimate of drug-likeness (QED) is 0.651. The van der Waals surface area contributed by atoms with Crippen LogP contribution in [0.5, 0.6) is 0 Å². The summed E-state index contributed by atoms with van der Waals surface area (Å²) in [5, 5.41) is 23.4. The molecule has 2 N–H and O–H groups in total. The van der Waals surface area contributed by atoms with Crippen molar-refractivity contribution in [3.63, 3.8) is 0 Å². The van der Waals surface area contributed by atoms with Gasteiger partial charge in [0.2, 0.25) is 5.82 Å². The lowest BCUT2D eigenvalue weighted by atomic mass is 9.79. The van der Waals surface area contributed by atoms with Gasteiger partial charge >= 0.3 is 11.8 Å². The van der Waals surface area contributed by atoms with Crippen LogP contribution >= 0.6 is 0 Å². The van der Waals surface area contributed by atoms with Crippen LogP contribution in [0, 0.1) is 21.4 Å². The van der Waals surface area contributed by atoms with Crippen LogP contribution in [0.2, 0.25) is 0 Å². The molecule has 0 aliphatic carbocycles. The van der Waals surface area contributed by atoms with Crippen LogP contribution in [0.3, 0.4) is 0 Å². The lowest BCUT2D eigenvalue weighted by molar-refractivity contribution is -0.384. The number of likely N-dealkylation sites (tertiary alicyclic amines) is 1. The number of nitrogens with one attached hydrogen (secondary N) is 1. The van der Waals surface area contributed by atoms with Gasteiger partial charge in [0.15, 0.2) is 0 Å². The molecule has 126 valence electrons. The van der Waals surface area contributed by atoms with Crippen LogP contribution in [-0.2, 0) is 0 Å². The fourth-order valence-electron chi connectivity index (χ4n) is 3.37. The van der Waals surface area contributed by atoms with Crippen molar-refractivity contribution in [3.8, 4) is 0 Å². The first-order valence-corrected chi connectivity index (χ1v) is 7.54. The van der Waals surface area contributed by atoms with Crippen LogP contribution in [0.25, 0.3) is 0 Å². The Morgan fingerprint density at radius 3 is 2.83 bits per heavy atom. The Morgan fingerprint density at radius 1 is 1.57 bits per heavy atom. The third kappa shape index (κ3) is 3.69. The van der Waals surface area contributed by atoms with Gasteiger partial charge in [0.05, 0.1) is 4.92 Å². The van der Waals surface area contributed by atoms with E-state index in [0.717, 1.165) is 6.42 Å². The number of nitro groups is 1. The first-order valence-electron chi connectivity index (χ1n) is 7.54. The summed E-state index contributed by atoms with van der Waals surface area (Å²) in [6.07, 6.45) is 1.30. The summed E-state index contributed by atoms with van der Waals surface area (Å²) in [7, 11) is 0. The third-order valence-corrected chi connectivity index (χ3v) is 4.17. The van der Waals surface area contributed by atoms with Crippen LogP contribution in [-0.4, -0.2) is 45.1 Å². The van der Waals surface area contributed by atoms with E-state index < -0.39 is 11.0 Å². The Hall–Kier alpha value is -2.38. The molecule has 1 fully saturated rings. The predicted molar refractivity (Wildman–Crippen MR) is 85.5 cm³/mol. The number of carbonyl (C=O) groups is 1. The molecular weight excluding hydrogens is 300 g/mol. The van der Waals surface area contributed by atoms with Crippen molar-refractivity contribution in [2.75, 3.05) is 18.4 Å². The number of carboxylic acid groups (broad SMARTS) is 1. The Labute approximate surface area is 134 Å². The molecule has 23 heavy (non-hydrogen) atoms. The second kappa shape index (κ2) is 6.39. The van der Waals surface area contributed by atoms with E-state index in [-0.39, 0.29) is 28.9 Å². The number of pyridine rings is 1. The lowest BCUT2D eigenvalue weighted by Crippen LogP contribution is -2.46. The highest BCUT2D eigenvalue weighted by Gasteiger charge is 2.43. The zero-order chi connectivity index (χ0) is 17.2. The highest BCUT2D eigenvalue weighted by atomic mass is 16.6. The van der Waals surface area contributed by atoms with Crippen LogP contribution < -0.4 is 5.32 Å². The number of rotatable bonds is 4. The zero-order valence-electron chi connectivity index (χ0n) is 13.5. The molecule has 1 aliphatic rings. The normalized spacial score (nSPS) is 21.3. The van der Waals surface area contributed by atoms with Gasteiger partial charge in [-0.1, -0.05) is 20.8 Å². The van der Waals surface area contributed by atoms with E-state index in [2.05, 4.69) is 10.3 Å². The molecule has 1 unspecified atom stereocenters. The molecule has 1 aliphatic heterocycles. The highest BCUT2D eigenvalue weighted by Crippen LogP contribution is 2.37. The summed E-state index contributed by atoms with van der Waals surface area (Å²) in [5.41, 5.74) is -0.287. The molecule has 0 radical (unpaired) electrons. The van der Waals surface area contributed by atoms with E-state index in [1.807, 2.05) is 20.8 Å². The number of hydrogen-bond acceptors (Lipinski definition) is 5. The van der Waals surface area contributed by atoms with Gasteiger partial charge in [-0.25, -0.2) is 9.78 Å². The van der Waals surface area contributed by atoms with Crippen LogP contribution in [0.15, 0.2) is 18.3 Å². The highest BCUT2D eigenvalue weighted by molar-refractivity contribution is 5.66. The molecule has 2 atom stereocenters. The Morgan fingerprint density at radius 2 is 2.26 bits per heavy atom. The average molecular weight is 322 g/mol. The van der Waals surface area contributed by atoms with Gasteiger partial charge in [0, 0.05) is 31.4 Å². The van der Waals surface area contributed by atoms with E-state index in [0.29, 0.717) is 13.1 Å². The summed E-state index contributed by atoms with van der Waals surface area (Å²) in [6.45, 7) is 6.96. The number of aromatic nitrogens is 1. The van der Waals surface area contributed by atoms with Crippen molar-refractivity contribution < 1.29 is 14.8 Å². The topological polar surface area (TPSA) is 109 Å². The van der Waals surface area contributed by atoms with E-state index >= 15 is 0 Å². The van der Waals surface area contributed by atoms with E-state index in [9.17, 15) is 20.0 Å². The van der Waals surface area contributed by atoms with Crippen molar-refractivity contribution in [2.24, 2.45) is 11.3 Å². The maximum atomic E-state index is 11.4. The van der Waals surface area contributed by atoms with Crippen molar-refractivity contribution in [2.45, 2.75) is 33.2 Å². The number of nitrogens with zero attached hydrogens (tertiary/aromatic N) is 3. The summed E-state index contributed by atoms with van der Waals surface area (Å²) in [4.78, 5) is 27.5. The molecule has 8 nitrogen and oxygen atoms in total. The smallest absolute Gasteiger partial charge is 0.407 e. The van der Waals surface area contributed by atoms with Gasteiger partial charge in [0.25, 0.3) is 0 Å². The third-order valence-electron chi connectivity index (χ3n) is 4.17. The molecule has 0 spiro atoms. The van der Waals surface area contributed by atoms with E-state index in [1.165, 1.54) is 23.2 Å². The van der Waals surface area contributed by atoms with Gasteiger partial charge in [0.1, 0.15) is 0 Å². The first-order chi connectivity index (χ1) is 10.7. The van der Waals surface area contributed by atoms with Gasteiger partial charge in [-0.05, 0) is 23.8 Å². The molecule has 1 saturated heterocycles. The standard InChI is InChI=1S/C15H22N4O4/c1-15(2,3)12-10(6-8-18(12)14(20)21)9-17-13-11(19(22)23)5-4-7-16-13/h4-5,7,10,12H,6,8-9H2,1-3H3,(H,16,17)(H,20,21)/t10-,12?/m0/s1. The van der Waals surface area contributed by atoms with Gasteiger partial charge in [-0.3, -0.25) is 10.1 Å². The van der Waals surface area contributed by atoms with Gasteiger partial charge in [-0.15, -0.1) is 0 Å². The van der Waals surface area contributed by atoms with Crippen molar-refractivity contribution in [1.29, 1.82) is 0 Å². The molecule has 1 aromatic heterocycles. The molecule has 1 amide bonds. The molecule has 2 rings (SSSR count). The molecule has 0 bridgehead atoms. The van der Waals surface area contributed by atoms with Crippen molar-refractivity contribution in [1.82, 2.24) is 9.88 Å². The SMILES string of the molecule is CC(C)(C)C1[C@H](CNc2ncccc2[N+](=O)[O-])CCN1C(=O)O. The molecule has 8 heteroatoms. The summed E-state index contributed by atoms with van der Waals surface area (Å²) in [6, 6.07) is 2.77. The minimum Gasteiger partial charge on any atom is -0.465 e. The maximum absolute atomic E-state index is 11.4. The van der Waals surface area contributed by atoms with Crippen molar-refractivity contribution in [3.05, 3.63) is 28.4 Å². The van der Waals surface area contributed by atoms with Gasteiger partial charge < -0.3 is 15.3 Å². The number of anilines is 1. The zero-order valence-corrected chi connectivity index (χ0v) is 13.5. The first kappa shape index (κ1) is 17.0. The molecule has 0 saturated carbocycles. The Balaban J connectivity index is 2.14. The van der Waals surface area contributed by atoms with Crippen molar-refractivity contribution >= 4 is 17.6 Å². The van der Waals surface area contributed by atoms with Crippen LogP contribution in [0.1, 0.15) is 27.2 Å². The maximum Gasteiger partial charge on any atom is 0.407 e. The fraction of sp³-hybridized carbons (Fsp3) is 0.600. The second-order valence-electron chi connectivity index (χ2n) is 6.84. The summed E-state index contributed by atoms with van der Waals surface area (Å²) < 4.78 is 0. The minimum absolute atomic E-state index is 0.0760. The molecule has 1 aromatic rings. The lowest BCUT2D eigenvalue weighted by Gasteiger charge is -2.37. The minimum atomic E-state index is -0.920. The fourth-order valence-corrected chi connectivity index (χ4v) is 3.37. The Kier molecular flexibility index (Phi) is 4.72. The van der Waals surface area contributed by atoms with Gasteiger partial charge in [-0.2, -0.15) is 0 Å². The summed E-state index contributed by atoms with van der Waals surface area (Å²) in [5.74, 6) is 0.298. The predicted octanol–water partition coefficient (Wildman–Crippen LogP) is 2.82. The largest absolute Gasteiger partial charge is 0.465 e.